The number of aliphatic hydroxyl groups excluding tert-OH is 1. The van der Waals surface area contributed by atoms with Gasteiger partial charge in [-0.3, -0.25) is 0 Å². The molecule has 2 aromatic rings. The van der Waals surface area contributed by atoms with E-state index in [4.69, 9.17) is 4.74 Å². The molecule has 0 saturated heterocycles. The van der Waals surface area contributed by atoms with Gasteiger partial charge < -0.3 is 9.84 Å². The van der Waals surface area contributed by atoms with E-state index in [-0.39, 0.29) is 0 Å². The van der Waals surface area contributed by atoms with Gasteiger partial charge in [0.1, 0.15) is 23.7 Å². The lowest BCUT2D eigenvalue weighted by molar-refractivity contribution is 0.199. The minimum absolute atomic E-state index is 0.324. The van der Waals surface area contributed by atoms with Gasteiger partial charge in [0.2, 0.25) is 0 Å². The van der Waals surface area contributed by atoms with Crippen molar-refractivity contribution in [2.75, 3.05) is 0 Å². The van der Waals surface area contributed by atoms with Gasteiger partial charge >= 0.3 is 0 Å². The molecule has 0 fully saturated rings. The van der Waals surface area contributed by atoms with E-state index < -0.39 is 6.10 Å². The number of nitrogens with zero attached hydrogens (tertiary/aromatic N) is 2. The topological polar surface area (TPSA) is 68.4 Å². The van der Waals surface area contributed by atoms with Crippen LogP contribution in [0.3, 0.4) is 0 Å². The van der Waals surface area contributed by atoms with E-state index in [0.29, 0.717) is 12.3 Å². The Kier molecular flexibility index (Phi) is 3.62. The van der Waals surface area contributed by atoms with Crippen LogP contribution in [0.1, 0.15) is 35.5 Å². The van der Waals surface area contributed by atoms with Gasteiger partial charge in [-0.2, -0.15) is 0 Å². The molecule has 0 aliphatic rings. The maximum Gasteiger partial charge on any atom is 0.145 e. The second kappa shape index (κ2) is 5.18. The van der Waals surface area contributed by atoms with E-state index in [2.05, 4.69) is 14.9 Å². The van der Waals surface area contributed by atoms with Crippen LogP contribution in [0.15, 0.2) is 22.8 Å². The Balaban J connectivity index is 2.08. The van der Waals surface area contributed by atoms with Crippen molar-refractivity contribution >= 4 is 0 Å². The molecular formula is C13H16N2O3. The molecule has 1 N–H and O–H groups in total. The number of aliphatic hydroxyl groups is 1. The smallest absolute Gasteiger partial charge is 0.145 e. The summed E-state index contributed by atoms with van der Waals surface area (Å²) in [5.74, 6) is 0.766. The zero-order valence-electron chi connectivity index (χ0n) is 10.7. The van der Waals surface area contributed by atoms with Gasteiger partial charge in [-0.25, -0.2) is 4.63 Å². The second-order valence-electron chi connectivity index (χ2n) is 4.29. The Bertz CT molecular complexity index is 535. The molecule has 1 aromatic heterocycles. The van der Waals surface area contributed by atoms with Crippen LogP contribution in [0, 0.1) is 13.8 Å². The van der Waals surface area contributed by atoms with Crippen molar-refractivity contribution in [1.82, 2.24) is 10.3 Å². The molecule has 0 aliphatic heterocycles. The van der Waals surface area contributed by atoms with E-state index in [1.165, 1.54) is 0 Å². The van der Waals surface area contributed by atoms with Gasteiger partial charge in [0.05, 0.1) is 6.10 Å². The molecule has 0 unspecified atom stereocenters. The van der Waals surface area contributed by atoms with Crippen LogP contribution >= 0.6 is 0 Å². The first-order valence-corrected chi connectivity index (χ1v) is 5.77. The van der Waals surface area contributed by atoms with Crippen LogP contribution in [0.25, 0.3) is 0 Å². The minimum atomic E-state index is -0.472. The number of aromatic nitrogens is 2. The summed E-state index contributed by atoms with van der Waals surface area (Å²) in [7, 11) is 0. The molecule has 5 heteroatoms. The van der Waals surface area contributed by atoms with Crippen LogP contribution in [0.4, 0.5) is 0 Å². The normalized spacial score (nSPS) is 12.4. The third-order valence-electron chi connectivity index (χ3n) is 2.79. The number of rotatable bonds is 4. The fourth-order valence-corrected chi connectivity index (χ4v) is 1.62. The lowest BCUT2D eigenvalue weighted by atomic mass is 10.1. The van der Waals surface area contributed by atoms with Gasteiger partial charge in [0, 0.05) is 0 Å². The zero-order valence-corrected chi connectivity index (χ0v) is 10.7. The molecule has 0 bridgehead atoms. The highest BCUT2D eigenvalue weighted by molar-refractivity contribution is 5.37. The van der Waals surface area contributed by atoms with E-state index in [1.807, 2.05) is 32.0 Å². The number of hydrogen-bond donors (Lipinski definition) is 1. The SMILES string of the molecule is Cc1cc([C@H](C)O)ccc1OCc1nonc1C. The molecule has 1 atom stereocenters. The van der Waals surface area contributed by atoms with Crippen LogP contribution in [-0.4, -0.2) is 15.4 Å². The fourth-order valence-electron chi connectivity index (χ4n) is 1.62. The maximum atomic E-state index is 9.48. The van der Waals surface area contributed by atoms with E-state index >= 15 is 0 Å². The Morgan fingerprint density at radius 3 is 2.67 bits per heavy atom. The quantitative estimate of drug-likeness (QED) is 0.899. The standard InChI is InChI=1S/C13H16N2O3/c1-8-6-11(10(3)16)4-5-13(8)17-7-12-9(2)14-18-15-12/h4-6,10,16H,7H2,1-3H3/t10-/m0/s1. The number of benzene rings is 1. The Morgan fingerprint density at radius 2 is 2.11 bits per heavy atom. The lowest BCUT2D eigenvalue weighted by Gasteiger charge is -2.11. The van der Waals surface area contributed by atoms with Gasteiger partial charge in [0.25, 0.3) is 0 Å². The first kappa shape index (κ1) is 12.6. The van der Waals surface area contributed by atoms with Crippen LogP contribution in [-0.2, 0) is 6.61 Å². The molecule has 0 spiro atoms. The Labute approximate surface area is 105 Å². The predicted octanol–water partition coefficient (Wildman–Crippen LogP) is 2.32. The van der Waals surface area contributed by atoms with Crippen molar-refractivity contribution in [3.63, 3.8) is 0 Å². The Morgan fingerprint density at radius 1 is 1.33 bits per heavy atom. The lowest BCUT2D eigenvalue weighted by Crippen LogP contribution is -2.00. The first-order chi connectivity index (χ1) is 8.58. The molecule has 2 rings (SSSR count). The highest BCUT2D eigenvalue weighted by Crippen LogP contribution is 2.23. The average Bonchev–Trinajstić information content (AvgIpc) is 2.73. The molecule has 1 aromatic carbocycles. The third-order valence-corrected chi connectivity index (χ3v) is 2.79. The van der Waals surface area contributed by atoms with Gasteiger partial charge in [-0.15, -0.1) is 0 Å². The molecule has 0 radical (unpaired) electrons. The first-order valence-electron chi connectivity index (χ1n) is 5.77. The van der Waals surface area contributed by atoms with E-state index in [1.54, 1.807) is 6.92 Å². The van der Waals surface area contributed by atoms with Crippen molar-refractivity contribution in [3.8, 4) is 5.75 Å². The summed E-state index contributed by atoms with van der Waals surface area (Å²) in [6, 6.07) is 5.61. The largest absolute Gasteiger partial charge is 0.487 e. The molecule has 0 saturated carbocycles. The number of ether oxygens (including phenoxy) is 1. The Hall–Kier alpha value is -1.88. The molecule has 1 heterocycles. The van der Waals surface area contributed by atoms with Crippen LogP contribution < -0.4 is 4.74 Å². The zero-order chi connectivity index (χ0) is 13.1. The molecule has 0 aliphatic carbocycles. The highest BCUT2D eigenvalue weighted by Gasteiger charge is 2.08. The molecule has 18 heavy (non-hydrogen) atoms. The van der Waals surface area contributed by atoms with Gasteiger partial charge in [-0.05, 0) is 44.0 Å². The summed E-state index contributed by atoms with van der Waals surface area (Å²) in [6.07, 6.45) is -0.472. The fraction of sp³-hybridized carbons (Fsp3) is 0.385. The maximum absolute atomic E-state index is 9.48. The summed E-state index contributed by atoms with van der Waals surface area (Å²) in [5.41, 5.74) is 3.27. The van der Waals surface area contributed by atoms with Gasteiger partial charge in [0.15, 0.2) is 0 Å². The number of aryl methyl sites for hydroxylation is 2. The van der Waals surface area contributed by atoms with E-state index in [0.717, 1.165) is 22.6 Å². The van der Waals surface area contributed by atoms with E-state index in [9.17, 15) is 5.11 Å². The molecule has 0 amide bonds. The predicted molar refractivity (Wildman–Crippen MR) is 65.2 cm³/mol. The van der Waals surface area contributed by atoms with Crippen LogP contribution in [0.5, 0.6) is 5.75 Å². The summed E-state index contributed by atoms with van der Waals surface area (Å²) >= 11 is 0. The highest BCUT2D eigenvalue weighted by atomic mass is 16.6. The van der Waals surface area contributed by atoms with Crippen molar-refractivity contribution in [2.24, 2.45) is 0 Å². The molecule has 96 valence electrons. The molecule has 5 nitrogen and oxygen atoms in total. The summed E-state index contributed by atoms with van der Waals surface area (Å²) in [5, 5.41) is 16.9. The minimum Gasteiger partial charge on any atom is -0.487 e. The summed E-state index contributed by atoms with van der Waals surface area (Å²) in [4.78, 5) is 0. The summed E-state index contributed by atoms with van der Waals surface area (Å²) in [6.45, 7) is 5.82. The van der Waals surface area contributed by atoms with Crippen molar-refractivity contribution in [1.29, 1.82) is 0 Å². The monoisotopic (exact) mass is 248 g/mol. The summed E-state index contributed by atoms with van der Waals surface area (Å²) < 4.78 is 10.3. The third kappa shape index (κ3) is 2.68. The van der Waals surface area contributed by atoms with Crippen molar-refractivity contribution < 1.29 is 14.5 Å². The van der Waals surface area contributed by atoms with Crippen molar-refractivity contribution in [2.45, 2.75) is 33.5 Å². The van der Waals surface area contributed by atoms with Gasteiger partial charge in [-0.1, -0.05) is 16.4 Å². The molecular weight excluding hydrogens is 232 g/mol. The second-order valence-corrected chi connectivity index (χ2v) is 4.29. The average molecular weight is 248 g/mol. The number of hydrogen-bond acceptors (Lipinski definition) is 5. The van der Waals surface area contributed by atoms with Crippen molar-refractivity contribution in [3.05, 3.63) is 40.7 Å². The van der Waals surface area contributed by atoms with Crippen LogP contribution in [0.2, 0.25) is 0 Å².